The third kappa shape index (κ3) is 6.30. The van der Waals surface area contributed by atoms with Gasteiger partial charge in [0, 0.05) is 45.6 Å². The summed E-state index contributed by atoms with van der Waals surface area (Å²) in [6, 6.07) is 8.67. The first-order valence-electron chi connectivity index (χ1n) is 11.4. The Morgan fingerprint density at radius 1 is 1.14 bits per heavy atom. The van der Waals surface area contributed by atoms with Crippen molar-refractivity contribution >= 4 is 11.8 Å². The SMILES string of the molecule is CCN(CC1CCN(CCc2ccccc2C)CC1)C(=O)CCN1CCCC1=O. The molecule has 2 heterocycles. The molecule has 0 aromatic heterocycles. The minimum Gasteiger partial charge on any atom is -0.343 e. The van der Waals surface area contributed by atoms with Crippen molar-refractivity contribution in [3.8, 4) is 0 Å². The van der Waals surface area contributed by atoms with Crippen LogP contribution < -0.4 is 0 Å². The maximum Gasteiger partial charge on any atom is 0.224 e. The summed E-state index contributed by atoms with van der Waals surface area (Å²) in [5, 5.41) is 0. The minimum absolute atomic E-state index is 0.203. The topological polar surface area (TPSA) is 43.9 Å². The van der Waals surface area contributed by atoms with Gasteiger partial charge in [-0.1, -0.05) is 24.3 Å². The Balaban J connectivity index is 1.37. The van der Waals surface area contributed by atoms with Crippen molar-refractivity contribution in [2.75, 3.05) is 45.8 Å². The van der Waals surface area contributed by atoms with E-state index in [2.05, 4.69) is 43.0 Å². The second kappa shape index (κ2) is 10.8. The zero-order valence-electron chi connectivity index (χ0n) is 18.2. The number of likely N-dealkylation sites (tertiary alicyclic amines) is 2. The molecular weight excluding hydrogens is 362 g/mol. The Labute approximate surface area is 176 Å². The van der Waals surface area contributed by atoms with Gasteiger partial charge in [0.2, 0.25) is 11.8 Å². The Morgan fingerprint density at radius 3 is 2.55 bits per heavy atom. The average Bonchev–Trinajstić information content (AvgIpc) is 3.15. The van der Waals surface area contributed by atoms with Crippen molar-refractivity contribution < 1.29 is 9.59 Å². The van der Waals surface area contributed by atoms with Crippen LogP contribution in [-0.2, 0) is 16.0 Å². The predicted octanol–water partition coefficient (Wildman–Crippen LogP) is 3.11. The summed E-state index contributed by atoms with van der Waals surface area (Å²) in [6.07, 6.45) is 5.51. The van der Waals surface area contributed by atoms with Crippen molar-refractivity contribution in [1.29, 1.82) is 0 Å². The van der Waals surface area contributed by atoms with Crippen LogP contribution in [0, 0.1) is 12.8 Å². The third-order valence-corrected chi connectivity index (χ3v) is 6.65. The molecule has 5 nitrogen and oxygen atoms in total. The Kier molecular flexibility index (Phi) is 8.10. The first-order valence-corrected chi connectivity index (χ1v) is 11.4. The molecule has 0 atom stereocenters. The fourth-order valence-electron chi connectivity index (χ4n) is 4.61. The van der Waals surface area contributed by atoms with Gasteiger partial charge in [0.25, 0.3) is 0 Å². The second-order valence-electron chi connectivity index (χ2n) is 8.63. The highest BCUT2D eigenvalue weighted by Gasteiger charge is 2.25. The van der Waals surface area contributed by atoms with Crippen LogP contribution in [0.2, 0.25) is 0 Å². The van der Waals surface area contributed by atoms with E-state index in [1.807, 2.05) is 9.80 Å². The molecule has 0 spiro atoms. The summed E-state index contributed by atoms with van der Waals surface area (Å²) in [4.78, 5) is 30.8. The van der Waals surface area contributed by atoms with E-state index in [1.54, 1.807) is 0 Å². The predicted molar refractivity (Wildman–Crippen MR) is 117 cm³/mol. The third-order valence-electron chi connectivity index (χ3n) is 6.65. The van der Waals surface area contributed by atoms with Gasteiger partial charge in [-0.3, -0.25) is 9.59 Å². The molecular formula is C24H37N3O2. The maximum atomic E-state index is 12.6. The van der Waals surface area contributed by atoms with Crippen molar-refractivity contribution in [3.63, 3.8) is 0 Å². The number of nitrogens with zero attached hydrogens (tertiary/aromatic N) is 3. The molecule has 2 aliphatic heterocycles. The van der Waals surface area contributed by atoms with E-state index in [1.165, 1.54) is 24.0 Å². The lowest BCUT2D eigenvalue weighted by Crippen LogP contribution is -2.42. The Bertz CT molecular complexity index is 682. The van der Waals surface area contributed by atoms with E-state index in [4.69, 9.17) is 0 Å². The lowest BCUT2D eigenvalue weighted by Gasteiger charge is -2.35. The standard InChI is InChI=1S/C24H37N3O2/c1-3-26(24(29)13-18-27-14-6-9-23(27)28)19-21-10-15-25(16-11-21)17-12-22-8-5-4-7-20(22)2/h4-5,7-8,21H,3,6,9-19H2,1-2H3. The second-order valence-corrected chi connectivity index (χ2v) is 8.63. The lowest BCUT2D eigenvalue weighted by atomic mass is 9.95. The number of piperidine rings is 1. The molecule has 0 bridgehead atoms. The highest BCUT2D eigenvalue weighted by molar-refractivity contribution is 5.80. The van der Waals surface area contributed by atoms with Crippen molar-refractivity contribution in [2.24, 2.45) is 5.92 Å². The van der Waals surface area contributed by atoms with Crippen molar-refractivity contribution in [1.82, 2.24) is 14.7 Å². The largest absolute Gasteiger partial charge is 0.343 e. The highest BCUT2D eigenvalue weighted by atomic mass is 16.2. The quantitative estimate of drug-likeness (QED) is 0.641. The molecule has 1 aromatic rings. The number of rotatable bonds is 9. The number of hydrogen-bond donors (Lipinski definition) is 0. The van der Waals surface area contributed by atoms with Crippen LogP contribution in [0.15, 0.2) is 24.3 Å². The van der Waals surface area contributed by atoms with Crippen LogP contribution >= 0.6 is 0 Å². The molecule has 2 aliphatic rings. The summed E-state index contributed by atoms with van der Waals surface area (Å²) >= 11 is 0. The molecule has 0 aliphatic carbocycles. The normalized spacial score (nSPS) is 18.4. The Hall–Kier alpha value is -1.88. The zero-order valence-corrected chi connectivity index (χ0v) is 18.2. The molecule has 2 saturated heterocycles. The molecule has 2 amide bonds. The van der Waals surface area contributed by atoms with Crippen molar-refractivity contribution in [2.45, 2.75) is 52.4 Å². The van der Waals surface area contributed by atoms with Gasteiger partial charge < -0.3 is 14.7 Å². The molecule has 0 N–H and O–H groups in total. The minimum atomic E-state index is 0.203. The first-order chi connectivity index (χ1) is 14.1. The smallest absolute Gasteiger partial charge is 0.224 e. The van der Waals surface area contributed by atoms with Crippen LogP contribution in [0.25, 0.3) is 0 Å². The molecule has 0 unspecified atom stereocenters. The van der Waals surface area contributed by atoms with E-state index in [0.29, 0.717) is 25.3 Å². The molecule has 1 aromatic carbocycles. The highest BCUT2D eigenvalue weighted by Crippen LogP contribution is 2.20. The summed E-state index contributed by atoms with van der Waals surface area (Å²) < 4.78 is 0. The number of amides is 2. The van der Waals surface area contributed by atoms with E-state index in [9.17, 15) is 9.59 Å². The molecule has 160 valence electrons. The number of carbonyl (C=O) groups is 2. The Morgan fingerprint density at radius 2 is 1.90 bits per heavy atom. The number of carbonyl (C=O) groups excluding carboxylic acids is 2. The summed E-state index contributed by atoms with van der Waals surface area (Å²) in [7, 11) is 0. The molecule has 2 fully saturated rings. The van der Waals surface area contributed by atoms with Crippen molar-refractivity contribution in [3.05, 3.63) is 35.4 Å². The summed E-state index contributed by atoms with van der Waals surface area (Å²) in [5.41, 5.74) is 2.84. The molecule has 0 radical (unpaired) electrons. The summed E-state index contributed by atoms with van der Waals surface area (Å²) in [5.74, 6) is 1.01. The zero-order chi connectivity index (χ0) is 20.6. The van der Waals surface area contributed by atoms with E-state index >= 15 is 0 Å². The van der Waals surface area contributed by atoms with E-state index in [0.717, 1.165) is 52.1 Å². The average molecular weight is 400 g/mol. The number of aryl methyl sites for hydroxylation is 1. The van der Waals surface area contributed by atoms with E-state index in [-0.39, 0.29) is 11.8 Å². The van der Waals surface area contributed by atoms with Gasteiger partial charge in [0.1, 0.15) is 0 Å². The fourth-order valence-corrected chi connectivity index (χ4v) is 4.61. The van der Waals surface area contributed by atoms with E-state index < -0.39 is 0 Å². The van der Waals surface area contributed by atoms with Crippen LogP contribution in [0.4, 0.5) is 0 Å². The lowest BCUT2D eigenvalue weighted by molar-refractivity contribution is -0.133. The van der Waals surface area contributed by atoms with Gasteiger partial charge in [-0.15, -0.1) is 0 Å². The number of hydrogen-bond acceptors (Lipinski definition) is 3. The van der Waals surface area contributed by atoms with Crippen LogP contribution in [-0.4, -0.2) is 72.3 Å². The monoisotopic (exact) mass is 399 g/mol. The van der Waals surface area contributed by atoms with Crippen LogP contribution in [0.3, 0.4) is 0 Å². The molecule has 0 saturated carbocycles. The first kappa shape index (κ1) is 21.8. The van der Waals surface area contributed by atoms with Gasteiger partial charge in [-0.2, -0.15) is 0 Å². The molecule has 29 heavy (non-hydrogen) atoms. The molecule has 5 heteroatoms. The summed E-state index contributed by atoms with van der Waals surface area (Å²) in [6.45, 7) is 10.7. The van der Waals surface area contributed by atoms with Crippen LogP contribution in [0.5, 0.6) is 0 Å². The van der Waals surface area contributed by atoms with Gasteiger partial charge >= 0.3 is 0 Å². The maximum absolute atomic E-state index is 12.6. The van der Waals surface area contributed by atoms with Crippen LogP contribution in [0.1, 0.15) is 50.2 Å². The van der Waals surface area contributed by atoms with Gasteiger partial charge in [-0.25, -0.2) is 0 Å². The fraction of sp³-hybridized carbons (Fsp3) is 0.667. The van der Waals surface area contributed by atoms with Gasteiger partial charge in [0.15, 0.2) is 0 Å². The van der Waals surface area contributed by atoms with Gasteiger partial charge in [-0.05, 0) is 69.7 Å². The molecule has 3 rings (SSSR count). The number of benzene rings is 1. The van der Waals surface area contributed by atoms with Gasteiger partial charge in [0.05, 0.1) is 0 Å².